The van der Waals surface area contributed by atoms with Crippen LogP contribution in [0.15, 0.2) is 94.5 Å². The smallest absolute Gasteiger partial charge is 0.261 e. The molecule has 2 aromatic heterocycles. The van der Waals surface area contributed by atoms with Crippen LogP contribution in [0.25, 0.3) is 21.8 Å². The van der Waals surface area contributed by atoms with Crippen LogP contribution >= 0.6 is 0 Å². The molecule has 1 saturated heterocycles. The first kappa shape index (κ1) is 40.2. The van der Waals surface area contributed by atoms with E-state index >= 15 is 0 Å². The topological polar surface area (TPSA) is 108 Å². The Morgan fingerprint density at radius 1 is 0.690 bits per heavy atom. The predicted molar refractivity (Wildman–Crippen MR) is 219 cm³/mol. The number of halogens is 2. The minimum Gasteiger partial charge on any atom is -0.396 e. The van der Waals surface area contributed by atoms with Gasteiger partial charge in [-0.05, 0) is 98.5 Å². The molecule has 0 amide bonds. The monoisotopic (exact) mass is 782 g/mol. The fraction of sp³-hybridized carbons (Fsp3) is 0.319. The molecule has 0 spiro atoms. The van der Waals surface area contributed by atoms with Crippen molar-refractivity contribution >= 4 is 21.8 Å². The van der Waals surface area contributed by atoms with Gasteiger partial charge in [-0.2, -0.15) is 0 Å². The van der Waals surface area contributed by atoms with E-state index in [-0.39, 0.29) is 35.3 Å². The number of fused-ring (bicyclic) bond motifs is 4. The molecule has 2 atom stereocenters. The van der Waals surface area contributed by atoms with Crippen LogP contribution in [-0.2, 0) is 35.4 Å². The molecule has 11 heteroatoms. The molecule has 5 heterocycles. The van der Waals surface area contributed by atoms with Gasteiger partial charge in [0.25, 0.3) is 11.1 Å². The van der Waals surface area contributed by atoms with Crippen molar-refractivity contribution in [1.82, 2.24) is 19.1 Å². The first-order valence-electron chi connectivity index (χ1n) is 19.6. The van der Waals surface area contributed by atoms with Crippen LogP contribution in [0.3, 0.4) is 0 Å². The molecule has 3 aliphatic rings. The Bertz CT molecular complexity index is 2680. The third-order valence-corrected chi connectivity index (χ3v) is 10.3. The van der Waals surface area contributed by atoms with E-state index in [1.54, 1.807) is 70.8 Å². The molecule has 2 unspecified atom stereocenters. The number of nitrogens with zero attached hydrogens (tertiary/aromatic N) is 4. The normalized spacial score (nSPS) is 16.6. The van der Waals surface area contributed by atoms with Gasteiger partial charge in [0.05, 0.1) is 28.4 Å². The number of hydrogen-bond donors (Lipinski definition) is 1. The largest absolute Gasteiger partial charge is 0.396 e. The van der Waals surface area contributed by atoms with Crippen molar-refractivity contribution in [3.8, 4) is 23.7 Å². The molecular weight excluding hydrogens is 739 g/mol. The standard InChI is InChI=1S/C22H19FN2O2.C21H17FN2O2.C4H8O/c1-27-14-17-8-10-21-24-20-12-16(6-5-15-3-2-4-18(23)11-15)7-9-19(20)22(26)25(21)13-17;22-17-3-1-2-14(10-17)4-5-15-6-8-18-19(11-15)23-20-9-7-16(13-25)12-24(20)21(18)26;1-2-4-5-3-1/h2-4,7,9,11-12,17H,8,10,13-14H2,1H3;1-3,6,8,10-11,16,25H,7,9,12-13H2;1-4H2. The molecular formula is C47H44F2N4O5. The molecule has 1 N–H and O–H groups in total. The lowest BCUT2D eigenvalue weighted by Gasteiger charge is -2.25. The average molecular weight is 783 g/mol. The summed E-state index contributed by atoms with van der Waals surface area (Å²) in [4.78, 5) is 34.9. The van der Waals surface area contributed by atoms with E-state index in [0.717, 1.165) is 55.3 Å². The number of hydrogen-bond acceptors (Lipinski definition) is 7. The van der Waals surface area contributed by atoms with Gasteiger partial charge in [0, 0.05) is 87.0 Å². The van der Waals surface area contributed by atoms with Crippen molar-refractivity contribution in [1.29, 1.82) is 0 Å². The molecule has 9 rings (SSSR count). The van der Waals surface area contributed by atoms with E-state index < -0.39 is 0 Å². The van der Waals surface area contributed by atoms with Crippen LogP contribution in [0, 0.1) is 47.2 Å². The predicted octanol–water partition coefficient (Wildman–Crippen LogP) is 6.43. The van der Waals surface area contributed by atoms with Crippen LogP contribution < -0.4 is 11.1 Å². The molecule has 58 heavy (non-hydrogen) atoms. The van der Waals surface area contributed by atoms with Gasteiger partial charge in [-0.25, -0.2) is 18.7 Å². The van der Waals surface area contributed by atoms with E-state index in [1.165, 1.54) is 37.1 Å². The van der Waals surface area contributed by atoms with Gasteiger partial charge in [-0.1, -0.05) is 35.8 Å². The molecule has 6 aromatic rings. The van der Waals surface area contributed by atoms with Gasteiger partial charge in [-0.3, -0.25) is 18.7 Å². The van der Waals surface area contributed by atoms with E-state index in [1.807, 2.05) is 6.07 Å². The summed E-state index contributed by atoms with van der Waals surface area (Å²) in [6.07, 6.45) is 5.78. The van der Waals surface area contributed by atoms with Crippen molar-refractivity contribution in [2.24, 2.45) is 11.8 Å². The summed E-state index contributed by atoms with van der Waals surface area (Å²) in [5, 5.41) is 10.5. The summed E-state index contributed by atoms with van der Waals surface area (Å²) in [6, 6.07) is 23.0. The van der Waals surface area contributed by atoms with Gasteiger partial charge in [0.15, 0.2) is 0 Å². The zero-order valence-corrected chi connectivity index (χ0v) is 32.3. The lowest BCUT2D eigenvalue weighted by molar-refractivity contribution is 0.130. The zero-order chi connectivity index (χ0) is 40.4. The van der Waals surface area contributed by atoms with Crippen LogP contribution in [0.2, 0.25) is 0 Å². The molecule has 0 saturated carbocycles. The third-order valence-electron chi connectivity index (χ3n) is 10.3. The van der Waals surface area contributed by atoms with Gasteiger partial charge in [0.1, 0.15) is 23.3 Å². The summed E-state index contributed by atoms with van der Waals surface area (Å²) in [6.45, 7) is 3.89. The lowest BCUT2D eigenvalue weighted by atomic mass is 9.99. The van der Waals surface area contributed by atoms with Crippen LogP contribution in [0.5, 0.6) is 0 Å². The first-order chi connectivity index (χ1) is 28.3. The third kappa shape index (κ3) is 9.93. The minimum absolute atomic E-state index is 0.0135. The van der Waals surface area contributed by atoms with Crippen LogP contribution in [0.4, 0.5) is 8.78 Å². The number of aliphatic hydroxyl groups is 1. The lowest BCUT2D eigenvalue weighted by Crippen LogP contribution is -2.34. The number of benzene rings is 4. The number of rotatable bonds is 3. The summed E-state index contributed by atoms with van der Waals surface area (Å²) in [5.41, 5.74) is 3.86. The number of methoxy groups -OCH3 is 1. The summed E-state index contributed by atoms with van der Waals surface area (Å²) < 4.78 is 40.1. The number of aryl methyl sites for hydroxylation is 2. The second kappa shape index (κ2) is 19.0. The Morgan fingerprint density at radius 2 is 1.16 bits per heavy atom. The first-order valence-corrected chi connectivity index (χ1v) is 19.6. The van der Waals surface area contributed by atoms with Crippen molar-refractivity contribution in [3.63, 3.8) is 0 Å². The molecule has 0 radical (unpaired) electrons. The van der Waals surface area contributed by atoms with Crippen molar-refractivity contribution in [3.05, 3.63) is 151 Å². The molecule has 4 aromatic carbocycles. The van der Waals surface area contributed by atoms with Gasteiger partial charge >= 0.3 is 0 Å². The van der Waals surface area contributed by atoms with E-state index in [4.69, 9.17) is 14.5 Å². The van der Waals surface area contributed by atoms with E-state index in [2.05, 4.69) is 28.7 Å². The van der Waals surface area contributed by atoms with Crippen molar-refractivity contribution in [2.75, 3.05) is 33.5 Å². The summed E-state index contributed by atoms with van der Waals surface area (Å²) in [5.74, 6) is 13.3. The second-order valence-corrected chi connectivity index (χ2v) is 14.6. The Labute approximate surface area is 335 Å². The molecule has 1 fully saturated rings. The quantitative estimate of drug-likeness (QED) is 0.206. The summed E-state index contributed by atoms with van der Waals surface area (Å²) in [7, 11) is 1.68. The Hall–Kier alpha value is -5.98. The molecule has 0 bridgehead atoms. The fourth-order valence-electron chi connectivity index (χ4n) is 7.27. The maximum absolute atomic E-state index is 13.3. The number of ether oxygens (including phenoxy) is 2. The van der Waals surface area contributed by atoms with Crippen LogP contribution in [-0.4, -0.2) is 57.7 Å². The van der Waals surface area contributed by atoms with Gasteiger partial charge < -0.3 is 14.6 Å². The van der Waals surface area contributed by atoms with Crippen molar-refractivity contribution < 1.29 is 23.4 Å². The Balaban J connectivity index is 0.000000157. The zero-order valence-electron chi connectivity index (χ0n) is 32.3. The van der Waals surface area contributed by atoms with Crippen LogP contribution in [0.1, 0.15) is 59.6 Å². The number of aromatic nitrogens is 4. The average Bonchev–Trinajstić information content (AvgIpc) is 3.84. The Morgan fingerprint density at radius 3 is 1.59 bits per heavy atom. The second-order valence-electron chi connectivity index (χ2n) is 14.6. The van der Waals surface area contributed by atoms with Gasteiger partial charge in [-0.15, -0.1) is 0 Å². The van der Waals surface area contributed by atoms with Gasteiger partial charge in [0.2, 0.25) is 0 Å². The SMILES string of the molecule is C1CCOC1.COCC1CCc2nc3cc(C#Cc4cccc(F)c4)ccc3c(=O)n2C1.O=c1c2ccc(C#Cc3cccc(F)c3)cc2nc2n1CC(CO)CC2. The van der Waals surface area contributed by atoms with Crippen molar-refractivity contribution in [2.45, 2.75) is 51.6 Å². The molecule has 9 nitrogen and oxygen atoms in total. The molecule has 296 valence electrons. The maximum Gasteiger partial charge on any atom is 0.261 e. The minimum atomic E-state index is -0.321. The highest BCUT2D eigenvalue weighted by Crippen LogP contribution is 2.21. The van der Waals surface area contributed by atoms with E-state index in [0.29, 0.717) is 65.0 Å². The highest BCUT2D eigenvalue weighted by Gasteiger charge is 2.23. The summed E-state index contributed by atoms with van der Waals surface area (Å²) >= 11 is 0. The number of aliphatic hydroxyl groups excluding tert-OH is 1. The Kier molecular flexibility index (Phi) is 13.2. The molecule has 3 aliphatic heterocycles. The fourth-order valence-corrected chi connectivity index (χ4v) is 7.27. The maximum atomic E-state index is 13.3. The van der Waals surface area contributed by atoms with E-state index in [9.17, 15) is 23.5 Å². The highest BCUT2D eigenvalue weighted by molar-refractivity contribution is 5.80. The highest BCUT2D eigenvalue weighted by atomic mass is 19.1. The molecule has 0 aliphatic carbocycles.